The standard InChI is InChI=1S/C18H24O5/c1-5-7-11-13-9-23-10-14(13)12(8-6-2)16(18(20)22-4)15(11)17(19)21-3/h5-10H2,1-4H3. The van der Waals surface area contributed by atoms with Crippen LogP contribution in [0, 0.1) is 0 Å². The van der Waals surface area contributed by atoms with Crippen LogP contribution in [0.4, 0.5) is 0 Å². The summed E-state index contributed by atoms with van der Waals surface area (Å²) in [6.07, 6.45) is 3.13. The molecule has 1 aliphatic rings. The Hall–Kier alpha value is -1.88. The van der Waals surface area contributed by atoms with Crippen LogP contribution in [0.3, 0.4) is 0 Å². The van der Waals surface area contributed by atoms with E-state index in [1.165, 1.54) is 14.2 Å². The van der Waals surface area contributed by atoms with Gasteiger partial charge in [-0.25, -0.2) is 9.59 Å². The lowest BCUT2D eigenvalue weighted by Gasteiger charge is -2.20. The Morgan fingerprint density at radius 3 is 1.57 bits per heavy atom. The lowest BCUT2D eigenvalue weighted by atomic mass is 9.84. The van der Waals surface area contributed by atoms with Gasteiger partial charge in [0.05, 0.1) is 38.6 Å². The molecule has 0 fully saturated rings. The van der Waals surface area contributed by atoms with Crippen molar-refractivity contribution in [2.75, 3.05) is 14.2 Å². The minimum absolute atomic E-state index is 0.355. The van der Waals surface area contributed by atoms with Crippen molar-refractivity contribution >= 4 is 11.9 Å². The molecule has 1 heterocycles. The zero-order valence-corrected chi connectivity index (χ0v) is 14.3. The normalized spacial score (nSPS) is 12.9. The molecule has 23 heavy (non-hydrogen) atoms. The monoisotopic (exact) mass is 320 g/mol. The van der Waals surface area contributed by atoms with Crippen LogP contribution in [0.2, 0.25) is 0 Å². The summed E-state index contributed by atoms with van der Waals surface area (Å²) < 4.78 is 15.5. The molecule has 0 spiro atoms. The Morgan fingerprint density at radius 2 is 1.26 bits per heavy atom. The van der Waals surface area contributed by atoms with Crippen molar-refractivity contribution < 1.29 is 23.8 Å². The number of benzene rings is 1. The van der Waals surface area contributed by atoms with Crippen LogP contribution in [0.25, 0.3) is 0 Å². The summed E-state index contributed by atoms with van der Waals surface area (Å²) >= 11 is 0. The molecule has 5 nitrogen and oxygen atoms in total. The van der Waals surface area contributed by atoms with Gasteiger partial charge in [0.2, 0.25) is 0 Å². The van der Waals surface area contributed by atoms with Crippen LogP contribution >= 0.6 is 0 Å². The van der Waals surface area contributed by atoms with Crippen LogP contribution in [0.1, 0.15) is 69.7 Å². The molecule has 0 atom stereocenters. The average molecular weight is 320 g/mol. The minimum atomic E-state index is -0.485. The molecule has 1 aromatic carbocycles. The molecular weight excluding hydrogens is 296 g/mol. The number of carbonyl (C=O) groups excluding carboxylic acids is 2. The Morgan fingerprint density at radius 1 is 0.870 bits per heavy atom. The zero-order chi connectivity index (χ0) is 17.0. The predicted molar refractivity (Wildman–Crippen MR) is 85.6 cm³/mol. The van der Waals surface area contributed by atoms with Gasteiger partial charge in [-0.2, -0.15) is 0 Å². The van der Waals surface area contributed by atoms with Crippen LogP contribution < -0.4 is 0 Å². The molecule has 126 valence electrons. The Kier molecular flexibility index (Phi) is 5.77. The first-order valence-electron chi connectivity index (χ1n) is 8.04. The molecule has 0 saturated carbocycles. The second kappa shape index (κ2) is 7.59. The molecule has 0 amide bonds. The molecular formula is C18H24O5. The van der Waals surface area contributed by atoms with Crippen molar-refractivity contribution in [2.45, 2.75) is 52.7 Å². The van der Waals surface area contributed by atoms with Crippen LogP contribution in [-0.4, -0.2) is 26.2 Å². The van der Waals surface area contributed by atoms with Gasteiger partial charge in [-0.05, 0) is 35.1 Å². The fraction of sp³-hybridized carbons (Fsp3) is 0.556. The smallest absolute Gasteiger partial charge is 0.339 e. The Bertz CT molecular complexity index is 566. The van der Waals surface area contributed by atoms with Crippen molar-refractivity contribution in [1.29, 1.82) is 0 Å². The number of hydrogen-bond donors (Lipinski definition) is 0. The fourth-order valence-corrected chi connectivity index (χ4v) is 3.28. The third-order valence-corrected chi connectivity index (χ3v) is 4.22. The first-order chi connectivity index (χ1) is 11.1. The highest BCUT2D eigenvalue weighted by Crippen LogP contribution is 2.36. The highest BCUT2D eigenvalue weighted by atomic mass is 16.5. The zero-order valence-electron chi connectivity index (χ0n) is 14.3. The number of rotatable bonds is 6. The SMILES string of the molecule is CCCc1c2c(c(CCC)c(C(=O)OC)c1C(=O)OC)COC2. The van der Waals surface area contributed by atoms with Gasteiger partial charge in [0, 0.05) is 0 Å². The summed E-state index contributed by atoms with van der Waals surface area (Å²) in [5, 5.41) is 0. The van der Waals surface area contributed by atoms with E-state index >= 15 is 0 Å². The molecule has 0 aromatic heterocycles. The van der Waals surface area contributed by atoms with Crippen molar-refractivity contribution in [1.82, 2.24) is 0 Å². The second-order valence-corrected chi connectivity index (χ2v) is 5.64. The minimum Gasteiger partial charge on any atom is -0.465 e. The molecule has 0 bridgehead atoms. The highest BCUT2D eigenvalue weighted by Gasteiger charge is 2.32. The van der Waals surface area contributed by atoms with E-state index in [1.807, 2.05) is 13.8 Å². The van der Waals surface area contributed by atoms with Gasteiger partial charge in [-0.3, -0.25) is 0 Å². The number of carbonyl (C=O) groups is 2. The van der Waals surface area contributed by atoms with E-state index in [2.05, 4.69) is 0 Å². The number of ether oxygens (including phenoxy) is 3. The molecule has 5 heteroatoms. The highest BCUT2D eigenvalue weighted by molar-refractivity contribution is 6.06. The number of fused-ring (bicyclic) bond motifs is 1. The summed E-state index contributed by atoms with van der Waals surface area (Å²) in [7, 11) is 2.67. The maximum absolute atomic E-state index is 12.4. The summed E-state index contributed by atoms with van der Waals surface area (Å²) in [6.45, 7) is 5.04. The number of hydrogen-bond acceptors (Lipinski definition) is 5. The van der Waals surface area contributed by atoms with Crippen molar-refractivity contribution in [3.05, 3.63) is 33.4 Å². The first-order valence-corrected chi connectivity index (χ1v) is 8.04. The lowest BCUT2D eigenvalue weighted by molar-refractivity contribution is 0.0553. The van der Waals surface area contributed by atoms with E-state index < -0.39 is 11.9 Å². The van der Waals surface area contributed by atoms with Gasteiger partial charge in [-0.15, -0.1) is 0 Å². The van der Waals surface area contributed by atoms with Gasteiger partial charge < -0.3 is 14.2 Å². The maximum Gasteiger partial charge on any atom is 0.339 e. The molecule has 0 saturated heterocycles. The second-order valence-electron chi connectivity index (χ2n) is 5.64. The maximum atomic E-state index is 12.4. The van der Waals surface area contributed by atoms with E-state index in [0.29, 0.717) is 37.2 Å². The first kappa shape index (κ1) is 17.5. The van der Waals surface area contributed by atoms with E-state index in [-0.39, 0.29) is 0 Å². The van der Waals surface area contributed by atoms with E-state index in [1.54, 1.807) is 0 Å². The average Bonchev–Trinajstić information content (AvgIpc) is 3.05. The van der Waals surface area contributed by atoms with Crippen molar-refractivity contribution in [3.63, 3.8) is 0 Å². The van der Waals surface area contributed by atoms with Crippen molar-refractivity contribution in [3.8, 4) is 0 Å². The van der Waals surface area contributed by atoms with Gasteiger partial charge in [0.1, 0.15) is 0 Å². The number of methoxy groups -OCH3 is 2. The third kappa shape index (κ3) is 3.11. The largest absolute Gasteiger partial charge is 0.465 e. The van der Waals surface area contributed by atoms with Gasteiger partial charge in [0.25, 0.3) is 0 Å². The molecule has 0 unspecified atom stereocenters. The molecule has 1 aliphatic heterocycles. The van der Waals surface area contributed by atoms with E-state index in [9.17, 15) is 9.59 Å². The summed E-state index contributed by atoms with van der Waals surface area (Å²) in [5.41, 5.74) is 4.54. The quantitative estimate of drug-likeness (QED) is 0.753. The Balaban J connectivity index is 2.85. The third-order valence-electron chi connectivity index (χ3n) is 4.22. The van der Waals surface area contributed by atoms with Gasteiger partial charge in [0.15, 0.2) is 0 Å². The van der Waals surface area contributed by atoms with Gasteiger partial charge in [-0.1, -0.05) is 26.7 Å². The lowest BCUT2D eigenvalue weighted by Crippen LogP contribution is -2.20. The summed E-state index contributed by atoms with van der Waals surface area (Å²) in [4.78, 5) is 24.9. The molecule has 1 aromatic rings. The Labute approximate surface area is 136 Å². The summed E-state index contributed by atoms with van der Waals surface area (Å²) in [5.74, 6) is -0.971. The topological polar surface area (TPSA) is 61.8 Å². The van der Waals surface area contributed by atoms with Crippen molar-refractivity contribution in [2.24, 2.45) is 0 Å². The predicted octanol–water partition coefficient (Wildman–Crippen LogP) is 3.20. The molecule has 0 aliphatic carbocycles. The summed E-state index contributed by atoms with van der Waals surface area (Å²) in [6, 6.07) is 0. The van der Waals surface area contributed by atoms with Gasteiger partial charge >= 0.3 is 11.9 Å². The fourth-order valence-electron chi connectivity index (χ4n) is 3.28. The van der Waals surface area contributed by atoms with E-state index in [0.717, 1.165) is 35.1 Å². The number of esters is 2. The molecule has 0 N–H and O–H groups in total. The van der Waals surface area contributed by atoms with Crippen LogP contribution in [0.15, 0.2) is 0 Å². The van der Waals surface area contributed by atoms with Crippen LogP contribution in [0.5, 0.6) is 0 Å². The molecule has 0 radical (unpaired) electrons. The van der Waals surface area contributed by atoms with Crippen LogP contribution in [-0.2, 0) is 40.3 Å². The van der Waals surface area contributed by atoms with E-state index in [4.69, 9.17) is 14.2 Å². The molecule has 2 rings (SSSR count).